The van der Waals surface area contributed by atoms with Crippen molar-refractivity contribution < 1.29 is 22.7 Å². The summed E-state index contributed by atoms with van der Waals surface area (Å²) in [5.41, 5.74) is 0.907. The van der Waals surface area contributed by atoms with Crippen molar-refractivity contribution in [1.29, 1.82) is 0 Å². The van der Waals surface area contributed by atoms with Gasteiger partial charge >= 0.3 is 0 Å². The highest BCUT2D eigenvalue weighted by Crippen LogP contribution is 2.29. The van der Waals surface area contributed by atoms with Crippen LogP contribution >= 0.6 is 11.6 Å². The van der Waals surface area contributed by atoms with Crippen LogP contribution in [-0.2, 0) is 26.2 Å². The number of para-hydroxylation sites is 1. The third-order valence-corrected chi connectivity index (χ3v) is 9.56. The van der Waals surface area contributed by atoms with E-state index < -0.39 is 28.5 Å². The minimum absolute atomic E-state index is 0.0218. The smallest absolute Gasteiger partial charge is 0.264 e. The fourth-order valence-corrected chi connectivity index (χ4v) is 6.35. The summed E-state index contributed by atoms with van der Waals surface area (Å²) in [6.45, 7) is 5.14. The van der Waals surface area contributed by atoms with E-state index in [0.29, 0.717) is 34.9 Å². The van der Waals surface area contributed by atoms with E-state index in [1.54, 1.807) is 66.7 Å². The first-order valence-corrected chi connectivity index (χ1v) is 16.7. The van der Waals surface area contributed by atoms with Gasteiger partial charge in [0, 0.05) is 17.6 Å². The molecule has 0 aromatic heterocycles. The van der Waals surface area contributed by atoms with Crippen molar-refractivity contribution in [3.8, 4) is 11.5 Å². The number of rotatable bonds is 14. The Morgan fingerprint density at radius 2 is 1.38 bits per heavy atom. The van der Waals surface area contributed by atoms with Gasteiger partial charge in [0.25, 0.3) is 10.0 Å². The van der Waals surface area contributed by atoms with E-state index in [1.165, 1.54) is 17.0 Å². The number of nitrogens with zero attached hydrogens (tertiary/aromatic N) is 2. The van der Waals surface area contributed by atoms with Crippen molar-refractivity contribution in [2.75, 3.05) is 10.8 Å². The Hall–Kier alpha value is -4.34. The minimum atomic E-state index is -4.19. The summed E-state index contributed by atoms with van der Waals surface area (Å²) in [6, 6.07) is 29.8. The average Bonchev–Trinajstić information content (AvgIpc) is 3.05. The van der Waals surface area contributed by atoms with Crippen LogP contribution in [0.2, 0.25) is 5.02 Å². The van der Waals surface area contributed by atoms with Crippen molar-refractivity contribution in [3.05, 3.63) is 120 Å². The highest BCUT2D eigenvalue weighted by Gasteiger charge is 2.34. The molecule has 0 saturated carbocycles. The normalized spacial score (nSPS) is 12.5. The number of hydrogen-bond acceptors (Lipinski definition) is 5. The van der Waals surface area contributed by atoms with Crippen molar-refractivity contribution in [2.24, 2.45) is 0 Å². The van der Waals surface area contributed by atoms with Gasteiger partial charge in [0.15, 0.2) is 0 Å². The summed E-state index contributed by atoms with van der Waals surface area (Å²) in [5, 5.41) is 3.41. The van der Waals surface area contributed by atoms with Gasteiger partial charge in [-0.3, -0.25) is 13.9 Å². The third kappa shape index (κ3) is 8.65. The van der Waals surface area contributed by atoms with Crippen LogP contribution in [0.25, 0.3) is 0 Å². The second-order valence-electron chi connectivity index (χ2n) is 10.6. The quantitative estimate of drug-likeness (QED) is 0.158. The molecule has 4 aromatic carbocycles. The maximum atomic E-state index is 14.3. The molecular weight excluding hydrogens is 610 g/mol. The maximum Gasteiger partial charge on any atom is 0.264 e. The molecule has 0 bridgehead atoms. The van der Waals surface area contributed by atoms with Crippen LogP contribution in [0.1, 0.15) is 39.2 Å². The van der Waals surface area contributed by atoms with Gasteiger partial charge in [-0.1, -0.05) is 80.0 Å². The standard InChI is InChI=1S/C35H38ClN3O5S/c1-4-26(3)37-35(41)33(5-2)38(24-27-14-12-13-19-32(27)36)34(40)25-39(45(42,43)31-17-10-7-11-18-31)28-20-22-30(23-21-28)44-29-15-8-6-9-16-29/h6-23,26,33H,4-5,24-25H2,1-3H3,(H,37,41)/t26-,33+/m0/s1. The molecule has 0 fully saturated rings. The molecule has 2 amide bonds. The monoisotopic (exact) mass is 647 g/mol. The Balaban J connectivity index is 1.72. The third-order valence-electron chi connectivity index (χ3n) is 7.40. The van der Waals surface area contributed by atoms with Gasteiger partial charge in [0.1, 0.15) is 24.1 Å². The number of carbonyl (C=O) groups excluding carboxylic acids is 2. The summed E-state index contributed by atoms with van der Waals surface area (Å²) in [5.74, 6) is 0.268. The van der Waals surface area contributed by atoms with Crippen molar-refractivity contribution in [3.63, 3.8) is 0 Å². The second-order valence-corrected chi connectivity index (χ2v) is 12.9. The van der Waals surface area contributed by atoms with Crippen LogP contribution in [0.5, 0.6) is 11.5 Å². The van der Waals surface area contributed by atoms with E-state index in [2.05, 4.69) is 5.32 Å². The number of amides is 2. The maximum absolute atomic E-state index is 14.3. The molecule has 4 aromatic rings. The van der Waals surface area contributed by atoms with Gasteiger partial charge < -0.3 is 15.0 Å². The molecule has 0 radical (unpaired) electrons. The number of ether oxygens (including phenoxy) is 1. The largest absolute Gasteiger partial charge is 0.457 e. The number of sulfonamides is 1. The zero-order valence-corrected chi connectivity index (χ0v) is 27.2. The Morgan fingerprint density at radius 1 is 0.800 bits per heavy atom. The predicted molar refractivity (Wildman–Crippen MR) is 178 cm³/mol. The van der Waals surface area contributed by atoms with Gasteiger partial charge in [-0.05, 0) is 79.9 Å². The van der Waals surface area contributed by atoms with Crippen LogP contribution in [-0.4, -0.2) is 43.8 Å². The minimum Gasteiger partial charge on any atom is -0.457 e. The molecule has 0 spiro atoms. The molecule has 8 nitrogen and oxygen atoms in total. The number of hydrogen-bond donors (Lipinski definition) is 1. The fraction of sp³-hybridized carbons (Fsp3) is 0.257. The lowest BCUT2D eigenvalue weighted by atomic mass is 10.1. The first-order valence-electron chi connectivity index (χ1n) is 14.9. The Morgan fingerprint density at radius 3 is 1.98 bits per heavy atom. The molecule has 0 unspecified atom stereocenters. The predicted octanol–water partition coefficient (Wildman–Crippen LogP) is 7.05. The highest BCUT2D eigenvalue weighted by molar-refractivity contribution is 7.92. The van der Waals surface area contributed by atoms with Crippen LogP contribution in [0.3, 0.4) is 0 Å². The lowest BCUT2D eigenvalue weighted by Crippen LogP contribution is -2.53. The Labute approximate surface area is 270 Å². The number of nitrogens with one attached hydrogen (secondary N) is 1. The lowest BCUT2D eigenvalue weighted by Gasteiger charge is -2.34. The summed E-state index contributed by atoms with van der Waals surface area (Å²) >= 11 is 6.48. The molecule has 45 heavy (non-hydrogen) atoms. The molecule has 4 rings (SSSR count). The highest BCUT2D eigenvalue weighted by atomic mass is 35.5. The molecule has 236 valence electrons. The number of benzene rings is 4. The van der Waals surface area contributed by atoms with E-state index in [1.807, 2.05) is 51.1 Å². The van der Waals surface area contributed by atoms with Gasteiger partial charge in [-0.15, -0.1) is 0 Å². The summed E-state index contributed by atoms with van der Waals surface area (Å²) < 4.78 is 35.1. The van der Waals surface area contributed by atoms with Gasteiger partial charge in [-0.25, -0.2) is 8.42 Å². The zero-order valence-electron chi connectivity index (χ0n) is 25.6. The zero-order chi connectivity index (χ0) is 32.4. The fourth-order valence-electron chi connectivity index (χ4n) is 4.72. The van der Waals surface area contributed by atoms with E-state index in [9.17, 15) is 18.0 Å². The van der Waals surface area contributed by atoms with Crippen LogP contribution < -0.4 is 14.4 Å². The first kappa shape index (κ1) is 33.6. The van der Waals surface area contributed by atoms with Crippen LogP contribution in [0.4, 0.5) is 5.69 Å². The molecule has 0 aliphatic rings. The SMILES string of the molecule is CC[C@H](C(=O)N[C@@H](C)CC)N(Cc1ccccc1Cl)C(=O)CN(c1ccc(Oc2ccccc2)cc1)S(=O)(=O)c1ccccc1. The van der Waals surface area contributed by atoms with Crippen molar-refractivity contribution in [1.82, 2.24) is 10.2 Å². The van der Waals surface area contributed by atoms with Crippen LogP contribution in [0, 0.1) is 0 Å². The molecule has 10 heteroatoms. The number of carbonyl (C=O) groups is 2. The summed E-state index contributed by atoms with van der Waals surface area (Å²) in [4.78, 5) is 29.1. The van der Waals surface area contributed by atoms with E-state index in [-0.39, 0.29) is 29.1 Å². The first-order chi connectivity index (χ1) is 21.6. The molecule has 0 saturated heterocycles. The summed E-state index contributed by atoms with van der Waals surface area (Å²) in [7, 11) is -4.19. The van der Waals surface area contributed by atoms with Crippen molar-refractivity contribution in [2.45, 2.75) is 57.1 Å². The molecule has 1 N–H and O–H groups in total. The molecule has 0 aliphatic carbocycles. The average molecular weight is 648 g/mol. The summed E-state index contributed by atoms with van der Waals surface area (Å²) in [6.07, 6.45) is 1.03. The van der Waals surface area contributed by atoms with E-state index in [4.69, 9.17) is 16.3 Å². The van der Waals surface area contributed by atoms with E-state index >= 15 is 0 Å². The van der Waals surface area contributed by atoms with Gasteiger partial charge in [-0.2, -0.15) is 0 Å². The Bertz CT molecular complexity index is 1670. The van der Waals surface area contributed by atoms with Crippen molar-refractivity contribution >= 4 is 39.1 Å². The van der Waals surface area contributed by atoms with Gasteiger partial charge in [0.2, 0.25) is 11.8 Å². The Kier molecular flexibility index (Phi) is 11.6. The van der Waals surface area contributed by atoms with Gasteiger partial charge in [0.05, 0.1) is 10.6 Å². The molecular formula is C35H38ClN3O5S. The molecule has 0 heterocycles. The number of halogens is 1. The number of anilines is 1. The second kappa shape index (κ2) is 15.6. The van der Waals surface area contributed by atoms with E-state index in [0.717, 1.165) is 4.31 Å². The van der Waals surface area contributed by atoms with Crippen LogP contribution in [0.15, 0.2) is 114 Å². The molecule has 0 aliphatic heterocycles. The molecule has 2 atom stereocenters. The lowest BCUT2D eigenvalue weighted by molar-refractivity contribution is -0.140. The topological polar surface area (TPSA) is 96.0 Å².